The molecule has 7 nitrogen and oxygen atoms in total. The third-order valence-corrected chi connectivity index (χ3v) is 5.57. The summed E-state index contributed by atoms with van der Waals surface area (Å²) in [5, 5.41) is 0. The van der Waals surface area contributed by atoms with Crippen molar-refractivity contribution in [3.05, 3.63) is 57.3 Å². The number of carbonyl (C=O) groups excluding carboxylic acids is 1. The number of benzene rings is 1. The van der Waals surface area contributed by atoms with E-state index in [0.29, 0.717) is 38.4 Å². The van der Waals surface area contributed by atoms with Crippen molar-refractivity contribution < 1.29 is 14.3 Å². The maximum Gasteiger partial charge on any atom is 0.263 e. The predicted molar refractivity (Wildman–Crippen MR) is 99.1 cm³/mol. The molecule has 1 amide bonds. The zero-order chi connectivity index (χ0) is 19.0. The molecule has 142 valence electrons. The highest BCUT2D eigenvalue weighted by molar-refractivity contribution is 5.93. The first-order valence-electron chi connectivity index (χ1n) is 9.19. The van der Waals surface area contributed by atoms with Crippen LogP contribution in [-0.2, 0) is 16.8 Å². The Balaban J connectivity index is 1.54. The van der Waals surface area contributed by atoms with E-state index in [1.165, 1.54) is 17.3 Å². The second kappa shape index (κ2) is 6.81. The van der Waals surface area contributed by atoms with Gasteiger partial charge in [0.25, 0.3) is 11.5 Å². The molecule has 0 atom stereocenters. The number of aryl methyl sites for hydroxylation is 1. The van der Waals surface area contributed by atoms with Crippen LogP contribution in [0.15, 0.2) is 29.2 Å². The molecule has 1 aromatic heterocycles. The molecule has 2 aliphatic heterocycles. The van der Waals surface area contributed by atoms with Crippen molar-refractivity contribution in [2.24, 2.45) is 0 Å². The number of amides is 1. The van der Waals surface area contributed by atoms with Gasteiger partial charge < -0.3 is 19.4 Å². The van der Waals surface area contributed by atoms with Gasteiger partial charge in [-0.05, 0) is 49.4 Å². The number of aromatic nitrogens is 2. The van der Waals surface area contributed by atoms with Crippen LogP contribution in [0, 0.1) is 6.92 Å². The Kier molecular flexibility index (Phi) is 4.47. The number of hydrogen-bond acceptors (Lipinski definition) is 5. The lowest BCUT2D eigenvalue weighted by molar-refractivity contribution is -0.0935. The topological polar surface area (TPSA) is 84.5 Å². The van der Waals surface area contributed by atoms with Crippen molar-refractivity contribution in [2.75, 3.05) is 26.8 Å². The highest BCUT2D eigenvalue weighted by Crippen LogP contribution is 2.42. The van der Waals surface area contributed by atoms with Crippen molar-refractivity contribution in [3.8, 4) is 5.75 Å². The zero-order valence-corrected chi connectivity index (χ0v) is 15.6. The van der Waals surface area contributed by atoms with E-state index in [1.807, 2.05) is 6.07 Å². The van der Waals surface area contributed by atoms with Gasteiger partial charge in [-0.15, -0.1) is 0 Å². The highest BCUT2D eigenvalue weighted by atomic mass is 16.5. The van der Waals surface area contributed by atoms with E-state index in [4.69, 9.17) is 9.47 Å². The molecule has 7 heteroatoms. The number of likely N-dealkylation sites (tertiary alicyclic amines) is 1. The third-order valence-electron chi connectivity index (χ3n) is 5.57. The van der Waals surface area contributed by atoms with E-state index in [2.05, 4.69) is 22.1 Å². The van der Waals surface area contributed by atoms with Crippen LogP contribution < -0.4 is 10.3 Å². The number of rotatable bonds is 2. The van der Waals surface area contributed by atoms with Gasteiger partial charge >= 0.3 is 0 Å². The summed E-state index contributed by atoms with van der Waals surface area (Å²) in [4.78, 5) is 33.2. The highest BCUT2D eigenvalue weighted by Gasteiger charge is 2.42. The minimum Gasteiger partial charge on any atom is -0.497 e. The molecule has 1 saturated heterocycles. The maximum atomic E-state index is 12.7. The average molecular weight is 369 g/mol. The lowest BCUT2D eigenvalue weighted by atomic mass is 9.79. The molecule has 1 N–H and O–H groups in total. The van der Waals surface area contributed by atoms with Crippen molar-refractivity contribution in [2.45, 2.75) is 31.8 Å². The molecular formula is C20H23N3O4. The van der Waals surface area contributed by atoms with Gasteiger partial charge in [-0.3, -0.25) is 9.59 Å². The number of nitrogens with one attached hydrogen (secondary N) is 1. The number of H-pyrrole nitrogens is 1. The summed E-state index contributed by atoms with van der Waals surface area (Å²) in [5.74, 6) is 1.07. The van der Waals surface area contributed by atoms with Gasteiger partial charge in [-0.1, -0.05) is 6.07 Å². The van der Waals surface area contributed by atoms with Crippen LogP contribution in [0.2, 0.25) is 0 Å². The third kappa shape index (κ3) is 3.12. The Labute approximate surface area is 157 Å². The quantitative estimate of drug-likeness (QED) is 0.872. The van der Waals surface area contributed by atoms with Crippen molar-refractivity contribution in [1.82, 2.24) is 14.9 Å². The molecule has 0 saturated carbocycles. The van der Waals surface area contributed by atoms with E-state index in [-0.39, 0.29) is 22.6 Å². The molecule has 0 aliphatic carbocycles. The Morgan fingerprint density at radius 1 is 1.33 bits per heavy atom. The fraction of sp³-hybridized carbons (Fsp3) is 0.450. The van der Waals surface area contributed by atoms with Gasteiger partial charge in [-0.25, -0.2) is 4.98 Å². The van der Waals surface area contributed by atoms with Crippen LogP contribution in [-0.4, -0.2) is 47.6 Å². The monoisotopic (exact) mass is 369 g/mol. The van der Waals surface area contributed by atoms with Crippen molar-refractivity contribution in [3.63, 3.8) is 0 Å². The first-order valence-corrected chi connectivity index (χ1v) is 9.19. The van der Waals surface area contributed by atoms with Gasteiger partial charge in [0.2, 0.25) is 0 Å². The number of nitrogens with zero attached hydrogens (tertiary/aromatic N) is 2. The van der Waals surface area contributed by atoms with E-state index >= 15 is 0 Å². The van der Waals surface area contributed by atoms with Crippen molar-refractivity contribution in [1.29, 1.82) is 0 Å². The second-order valence-electron chi connectivity index (χ2n) is 7.12. The molecule has 2 aliphatic rings. The van der Waals surface area contributed by atoms with Gasteiger partial charge in [-0.2, -0.15) is 0 Å². The van der Waals surface area contributed by atoms with E-state index in [0.717, 1.165) is 12.2 Å². The Hall–Kier alpha value is -2.67. The molecule has 2 aromatic rings. The molecule has 27 heavy (non-hydrogen) atoms. The first-order chi connectivity index (χ1) is 13.0. The fourth-order valence-electron chi connectivity index (χ4n) is 4.07. The number of fused-ring (bicyclic) bond motifs is 2. The largest absolute Gasteiger partial charge is 0.497 e. The zero-order valence-electron chi connectivity index (χ0n) is 15.6. The number of methoxy groups -OCH3 is 1. The average Bonchev–Trinajstić information content (AvgIpc) is 2.68. The summed E-state index contributed by atoms with van der Waals surface area (Å²) in [5.41, 5.74) is 1.77. The summed E-state index contributed by atoms with van der Waals surface area (Å²) in [6.07, 6.45) is 3.63. The van der Waals surface area contributed by atoms with Crippen LogP contribution in [0.5, 0.6) is 5.75 Å². The molecule has 1 fully saturated rings. The lowest BCUT2D eigenvalue weighted by Crippen LogP contribution is -2.49. The molecule has 0 unspecified atom stereocenters. The van der Waals surface area contributed by atoms with Crippen LogP contribution in [0.4, 0.5) is 0 Å². The minimum atomic E-state index is -0.390. The Bertz CT molecular complexity index is 929. The molecule has 1 aromatic carbocycles. The maximum absolute atomic E-state index is 12.7. The van der Waals surface area contributed by atoms with Crippen molar-refractivity contribution >= 4 is 5.91 Å². The first kappa shape index (κ1) is 17.7. The number of hydrogen-bond donors (Lipinski definition) is 1. The number of piperidine rings is 1. The number of aromatic amines is 1. The van der Waals surface area contributed by atoms with Crippen LogP contribution >= 0.6 is 0 Å². The van der Waals surface area contributed by atoms with Crippen LogP contribution in [0.1, 0.15) is 40.2 Å². The minimum absolute atomic E-state index is 0.0891. The predicted octanol–water partition coefficient (Wildman–Crippen LogP) is 1.79. The molecule has 4 rings (SSSR count). The number of ether oxygens (including phenoxy) is 2. The van der Waals surface area contributed by atoms with E-state index in [9.17, 15) is 9.59 Å². The molecule has 3 heterocycles. The lowest BCUT2D eigenvalue weighted by Gasteiger charge is -2.45. The normalized spacial score (nSPS) is 18.2. The smallest absolute Gasteiger partial charge is 0.263 e. The van der Waals surface area contributed by atoms with Gasteiger partial charge in [0.05, 0.1) is 19.3 Å². The fourth-order valence-corrected chi connectivity index (χ4v) is 4.07. The summed E-state index contributed by atoms with van der Waals surface area (Å²) >= 11 is 0. The summed E-state index contributed by atoms with van der Waals surface area (Å²) in [6.45, 7) is 3.43. The van der Waals surface area contributed by atoms with E-state index < -0.39 is 0 Å². The summed E-state index contributed by atoms with van der Waals surface area (Å²) in [7, 11) is 1.67. The van der Waals surface area contributed by atoms with E-state index in [1.54, 1.807) is 18.9 Å². The SMILES string of the molecule is COc1ccc2c(c1)CCOC21CCN(C(=O)c2cnc(C)[nH]c2=O)CC1. The number of carbonyl (C=O) groups is 1. The van der Waals surface area contributed by atoms with Crippen LogP contribution in [0.3, 0.4) is 0 Å². The standard InChI is InChI=1S/C20H23N3O4/c1-13-21-12-16(18(24)22-13)19(25)23-8-6-20(7-9-23)17-4-3-15(26-2)11-14(17)5-10-27-20/h3-4,11-12H,5-10H2,1-2H3,(H,21,22,24). The van der Waals surface area contributed by atoms with Gasteiger partial charge in [0, 0.05) is 19.3 Å². The summed E-state index contributed by atoms with van der Waals surface area (Å²) in [6, 6.07) is 6.12. The molecule has 0 radical (unpaired) electrons. The van der Waals surface area contributed by atoms with Gasteiger partial charge in [0.1, 0.15) is 17.1 Å². The van der Waals surface area contributed by atoms with Crippen LogP contribution in [0.25, 0.3) is 0 Å². The Morgan fingerprint density at radius 3 is 2.81 bits per heavy atom. The second-order valence-corrected chi connectivity index (χ2v) is 7.12. The molecular weight excluding hydrogens is 346 g/mol. The summed E-state index contributed by atoms with van der Waals surface area (Å²) < 4.78 is 11.6. The van der Waals surface area contributed by atoms with Gasteiger partial charge in [0.15, 0.2) is 0 Å². The molecule has 0 bridgehead atoms. The molecule has 1 spiro atoms. The Morgan fingerprint density at radius 2 is 2.11 bits per heavy atom.